The number of carbonyl (C=O) groups is 1. The lowest BCUT2D eigenvalue weighted by Gasteiger charge is -2.21. The average molecular weight is 314 g/mol. The highest BCUT2D eigenvalue weighted by Gasteiger charge is 2.27. The normalized spacial score (nSPS) is 19.0. The fourth-order valence-corrected chi connectivity index (χ4v) is 3.55. The summed E-state index contributed by atoms with van der Waals surface area (Å²) in [5, 5.41) is 8.87. The maximum absolute atomic E-state index is 12.5. The Kier molecular flexibility index (Phi) is 4.50. The second-order valence-corrected chi connectivity index (χ2v) is 6.99. The minimum absolute atomic E-state index is 0.0479. The number of nitrogens with zero attached hydrogens (tertiary/aromatic N) is 1. The van der Waals surface area contributed by atoms with E-state index in [1.807, 2.05) is 0 Å². The molecule has 1 aliphatic heterocycles. The molecule has 7 nitrogen and oxygen atoms in total. The molecule has 0 spiro atoms. The van der Waals surface area contributed by atoms with Gasteiger partial charge in [0.05, 0.1) is 17.4 Å². The van der Waals surface area contributed by atoms with E-state index in [-0.39, 0.29) is 28.8 Å². The first-order valence-electron chi connectivity index (χ1n) is 6.53. The highest BCUT2D eigenvalue weighted by molar-refractivity contribution is 7.89. The van der Waals surface area contributed by atoms with Gasteiger partial charge in [0.25, 0.3) is 0 Å². The smallest absolute Gasteiger partial charge is 0.335 e. The van der Waals surface area contributed by atoms with Crippen molar-refractivity contribution in [2.45, 2.75) is 23.8 Å². The number of ether oxygens (including phenoxy) is 1. The number of hydrogen-bond donors (Lipinski definition) is 2. The molecule has 0 amide bonds. The highest BCUT2D eigenvalue weighted by atomic mass is 32.2. The third-order valence-corrected chi connectivity index (χ3v) is 5.33. The van der Waals surface area contributed by atoms with Crippen LogP contribution in [0.4, 0.5) is 5.69 Å². The van der Waals surface area contributed by atoms with Gasteiger partial charge in [-0.2, -0.15) is 4.31 Å². The van der Waals surface area contributed by atoms with Gasteiger partial charge >= 0.3 is 5.97 Å². The van der Waals surface area contributed by atoms with Crippen molar-refractivity contribution in [2.75, 3.05) is 25.9 Å². The van der Waals surface area contributed by atoms with Crippen molar-refractivity contribution >= 4 is 21.7 Å². The van der Waals surface area contributed by atoms with E-state index >= 15 is 0 Å². The zero-order valence-corrected chi connectivity index (χ0v) is 12.5. The number of carboxylic acids is 1. The number of nitrogen functional groups attached to an aromatic ring is 1. The highest BCUT2D eigenvalue weighted by Crippen LogP contribution is 2.24. The van der Waals surface area contributed by atoms with E-state index < -0.39 is 16.0 Å². The minimum Gasteiger partial charge on any atom is -0.478 e. The van der Waals surface area contributed by atoms with Crippen molar-refractivity contribution in [3.63, 3.8) is 0 Å². The van der Waals surface area contributed by atoms with Crippen LogP contribution in [-0.4, -0.2) is 50.1 Å². The Balaban J connectivity index is 2.23. The van der Waals surface area contributed by atoms with Gasteiger partial charge in [0.15, 0.2) is 0 Å². The van der Waals surface area contributed by atoms with Gasteiger partial charge in [0.1, 0.15) is 4.90 Å². The van der Waals surface area contributed by atoms with Crippen molar-refractivity contribution in [3.8, 4) is 0 Å². The summed E-state index contributed by atoms with van der Waals surface area (Å²) in [6.07, 6.45) is 1.64. The molecule has 1 unspecified atom stereocenters. The third kappa shape index (κ3) is 3.34. The van der Waals surface area contributed by atoms with Gasteiger partial charge in [-0.1, -0.05) is 0 Å². The summed E-state index contributed by atoms with van der Waals surface area (Å²) in [7, 11) is -2.30. The lowest BCUT2D eigenvalue weighted by Crippen LogP contribution is -2.34. The second-order valence-electron chi connectivity index (χ2n) is 4.98. The van der Waals surface area contributed by atoms with E-state index in [1.54, 1.807) is 0 Å². The predicted octanol–water partition coefficient (Wildman–Crippen LogP) is 0.766. The summed E-state index contributed by atoms with van der Waals surface area (Å²) < 4.78 is 31.5. The van der Waals surface area contributed by atoms with Crippen LogP contribution in [0.3, 0.4) is 0 Å². The Labute approximate surface area is 123 Å². The summed E-state index contributed by atoms with van der Waals surface area (Å²) in [6, 6.07) is 3.60. The first-order chi connectivity index (χ1) is 9.82. The molecule has 21 heavy (non-hydrogen) atoms. The Morgan fingerprint density at radius 3 is 2.76 bits per heavy atom. The summed E-state index contributed by atoms with van der Waals surface area (Å²) >= 11 is 0. The topological polar surface area (TPSA) is 110 Å². The Bertz CT molecular complexity index is 638. The number of likely N-dealkylation sites (N-methyl/N-ethyl adjacent to an activating group) is 1. The van der Waals surface area contributed by atoms with Crippen molar-refractivity contribution < 1.29 is 23.1 Å². The largest absolute Gasteiger partial charge is 0.478 e. The maximum Gasteiger partial charge on any atom is 0.335 e. The number of carboxylic acid groups (broad SMARTS) is 1. The van der Waals surface area contributed by atoms with E-state index in [4.69, 9.17) is 15.6 Å². The fourth-order valence-electron chi connectivity index (χ4n) is 2.26. The van der Waals surface area contributed by atoms with Gasteiger partial charge < -0.3 is 15.6 Å². The Morgan fingerprint density at radius 1 is 1.52 bits per heavy atom. The van der Waals surface area contributed by atoms with Gasteiger partial charge in [0, 0.05) is 20.2 Å². The molecule has 1 aromatic rings. The van der Waals surface area contributed by atoms with Crippen molar-refractivity contribution in [3.05, 3.63) is 23.8 Å². The molecule has 116 valence electrons. The van der Waals surface area contributed by atoms with E-state index in [1.165, 1.54) is 23.5 Å². The van der Waals surface area contributed by atoms with Crippen molar-refractivity contribution in [1.82, 2.24) is 4.31 Å². The van der Waals surface area contributed by atoms with Crippen molar-refractivity contribution in [1.29, 1.82) is 0 Å². The zero-order valence-electron chi connectivity index (χ0n) is 11.7. The summed E-state index contributed by atoms with van der Waals surface area (Å²) in [4.78, 5) is 10.8. The SMILES string of the molecule is CN(CC1CCCO1)S(=O)(=O)c1ccc(C(=O)O)cc1N. The summed E-state index contributed by atoms with van der Waals surface area (Å²) in [5.41, 5.74) is 5.57. The van der Waals surface area contributed by atoms with Gasteiger partial charge in [-0.25, -0.2) is 13.2 Å². The number of hydrogen-bond acceptors (Lipinski definition) is 5. The molecule has 8 heteroatoms. The molecular formula is C13H18N2O5S. The molecule has 3 N–H and O–H groups in total. The van der Waals surface area contributed by atoms with Gasteiger partial charge in [-0.3, -0.25) is 0 Å². The maximum atomic E-state index is 12.5. The predicted molar refractivity (Wildman–Crippen MR) is 76.6 cm³/mol. The molecule has 1 aliphatic rings. The number of anilines is 1. The third-order valence-electron chi connectivity index (χ3n) is 3.43. The van der Waals surface area contributed by atoms with Gasteiger partial charge in [-0.15, -0.1) is 0 Å². The van der Waals surface area contributed by atoms with E-state index in [0.717, 1.165) is 18.9 Å². The summed E-state index contributed by atoms with van der Waals surface area (Å²) in [5.74, 6) is -1.15. The molecule has 0 radical (unpaired) electrons. The molecule has 2 rings (SSSR count). The molecule has 1 atom stereocenters. The standard InChI is InChI=1S/C13H18N2O5S/c1-15(8-10-3-2-6-20-10)21(18,19)12-5-4-9(13(16)17)7-11(12)14/h4-5,7,10H,2-3,6,8,14H2,1H3,(H,16,17). The monoisotopic (exact) mass is 314 g/mol. The van der Waals surface area contributed by atoms with Crippen molar-refractivity contribution in [2.24, 2.45) is 0 Å². The number of nitrogens with two attached hydrogens (primary N) is 1. The fraction of sp³-hybridized carbons (Fsp3) is 0.462. The summed E-state index contributed by atoms with van der Waals surface area (Å²) in [6.45, 7) is 0.899. The first-order valence-corrected chi connectivity index (χ1v) is 7.97. The molecule has 0 aliphatic carbocycles. The van der Waals surface area contributed by atoms with Crippen LogP contribution < -0.4 is 5.73 Å². The molecule has 1 fully saturated rings. The van der Waals surface area contributed by atoms with Crippen LogP contribution in [0, 0.1) is 0 Å². The van der Waals surface area contributed by atoms with Gasteiger partial charge in [0.2, 0.25) is 10.0 Å². The molecule has 1 aromatic carbocycles. The Morgan fingerprint density at radius 2 is 2.24 bits per heavy atom. The molecule has 1 heterocycles. The van der Waals surface area contributed by atoms with Crippen LogP contribution in [0.15, 0.2) is 23.1 Å². The molecule has 0 bridgehead atoms. The number of sulfonamides is 1. The van der Waals surface area contributed by atoms with Crippen LogP contribution in [-0.2, 0) is 14.8 Å². The van der Waals surface area contributed by atoms with Crippen LogP contribution in [0.2, 0.25) is 0 Å². The van der Waals surface area contributed by atoms with Crippen LogP contribution >= 0.6 is 0 Å². The first kappa shape index (κ1) is 15.7. The molecule has 0 saturated carbocycles. The van der Waals surface area contributed by atoms with Crippen LogP contribution in [0.5, 0.6) is 0 Å². The lowest BCUT2D eigenvalue weighted by molar-refractivity contribution is 0.0697. The van der Waals surface area contributed by atoms with E-state index in [2.05, 4.69) is 0 Å². The van der Waals surface area contributed by atoms with Crippen LogP contribution in [0.1, 0.15) is 23.2 Å². The number of rotatable bonds is 5. The number of aromatic carboxylic acids is 1. The lowest BCUT2D eigenvalue weighted by atomic mass is 10.2. The molecule has 1 saturated heterocycles. The van der Waals surface area contributed by atoms with Gasteiger partial charge in [-0.05, 0) is 31.0 Å². The van der Waals surface area contributed by atoms with Crippen LogP contribution in [0.25, 0.3) is 0 Å². The number of benzene rings is 1. The van der Waals surface area contributed by atoms with E-state index in [9.17, 15) is 13.2 Å². The average Bonchev–Trinajstić information content (AvgIpc) is 2.90. The zero-order chi connectivity index (χ0) is 15.6. The minimum atomic E-state index is -3.76. The quantitative estimate of drug-likeness (QED) is 0.777. The Hall–Kier alpha value is -1.64. The second kappa shape index (κ2) is 6.00. The van der Waals surface area contributed by atoms with E-state index in [0.29, 0.717) is 6.61 Å². The molecular weight excluding hydrogens is 296 g/mol. The molecule has 0 aromatic heterocycles.